The molecule has 2 nitrogen and oxygen atoms in total. The number of oxazole rings is 1. The maximum Gasteiger partial charge on any atom is 0.212 e. The molecule has 1 aromatic carbocycles. The van der Waals surface area contributed by atoms with Crippen molar-refractivity contribution in [1.29, 1.82) is 0 Å². The number of nitrogens with zero attached hydrogens (tertiary/aromatic N) is 1. The van der Waals surface area contributed by atoms with Gasteiger partial charge in [-0.15, -0.1) is 11.6 Å². The maximum atomic E-state index is 6.02. The van der Waals surface area contributed by atoms with Gasteiger partial charge in [-0.3, -0.25) is 0 Å². The van der Waals surface area contributed by atoms with Crippen molar-refractivity contribution >= 4 is 11.6 Å². The van der Waals surface area contributed by atoms with Crippen LogP contribution in [0.4, 0.5) is 0 Å². The maximum absolute atomic E-state index is 6.02. The predicted molar refractivity (Wildman–Crippen MR) is 70.3 cm³/mol. The normalized spacial score (nSPS) is 13.0. The standard InChI is InChI=1S/C14H16ClNO/c1-9(2)12-13(11-7-5-4-6-8-11)17-14(16-12)10(3)15/h4-10H,1-3H3. The van der Waals surface area contributed by atoms with Gasteiger partial charge in [-0.1, -0.05) is 44.2 Å². The molecule has 1 unspecified atom stereocenters. The molecule has 0 amide bonds. The third kappa shape index (κ3) is 2.52. The number of benzene rings is 1. The highest BCUT2D eigenvalue weighted by Gasteiger charge is 2.19. The average Bonchev–Trinajstić information content (AvgIpc) is 2.75. The largest absolute Gasteiger partial charge is 0.439 e. The van der Waals surface area contributed by atoms with Gasteiger partial charge in [0.25, 0.3) is 0 Å². The molecule has 0 aliphatic rings. The molecule has 3 heteroatoms. The quantitative estimate of drug-likeness (QED) is 0.733. The molecule has 0 saturated carbocycles. The van der Waals surface area contributed by atoms with Crippen LogP contribution >= 0.6 is 11.6 Å². The number of halogens is 1. The molecule has 0 bridgehead atoms. The molecule has 0 radical (unpaired) electrons. The van der Waals surface area contributed by atoms with E-state index >= 15 is 0 Å². The van der Waals surface area contributed by atoms with Crippen molar-refractivity contribution in [2.75, 3.05) is 0 Å². The summed E-state index contributed by atoms with van der Waals surface area (Å²) in [6.07, 6.45) is 0. The van der Waals surface area contributed by atoms with Crippen LogP contribution in [0.5, 0.6) is 0 Å². The molecule has 17 heavy (non-hydrogen) atoms. The summed E-state index contributed by atoms with van der Waals surface area (Å²) in [6, 6.07) is 10.0. The Hall–Kier alpha value is -1.28. The monoisotopic (exact) mass is 249 g/mol. The smallest absolute Gasteiger partial charge is 0.212 e. The second kappa shape index (κ2) is 4.92. The zero-order valence-corrected chi connectivity index (χ0v) is 11.0. The summed E-state index contributed by atoms with van der Waals surface area (Å²) >= 11 is 6.02. The fourth-order valence-corrected chi connectivity index (χ4v) is 1.80. The van der Waals surface area contributed by atoms with Crippen LogP contribution in [-0.2, 0) is 0 Å². The molecule has 0 aliphatic carbocycles. The lowest BCUT2D eigenvalue weighted by atomic mass is 10.0. The third-order valence-electron chi connectivity index (χ3n) is 2.59. The molecule has 2 rings (SSSR count). The molecule has 0 aliphatic heterocycles. The highest BCUT2D eigenvalue weighted by molar-refractivity contribution is 6.20. The van der Waals surface area contributed by atoms with E-state index in [9.17, 15) is 0 Å². The Morgan fingerprint density at radius 2 is 1.76 bits per heavy atom. The van der Waals surface area contributed by atoms with E-state index in [1.54, 1.807) is 0 Å². The number of alkyl halides is 1. The Labute approximate surface area is 107 Å². The molecule has 1 aromatic heterocycles. The van der Waals surface area contributed by atoms with Gasteiger partial charge < -0.3 is 4.42 Å². The first-order valence-corrected chi connectivity index (χ1v) is 6.23. The molecular formula is C14H16ClNO. The van der Waals surface area contributed by atoms with E-state index in [-0.39, 0.29) is 5.38 Å². The van der Waals surface area contributed by atoms with Gasteiger partial charge in [-0.25, -0.2) is 4.98 Å². The van der Waals surface area contributed by atoms with Gasteiger partial charge in [0.2, 0.25) is 5.89 Å². The van der Waals surface area contributed by atoms with Crippen LogP contribution in [0, 0.1) is 0 Å². The Morgan fingerprint density at radius 1 is 1.12 bits per heavy atom. The van der Waals surface area contributed by atoms with Crippen LogP contribution in [0.15, 0.2) is 34.7 Å². The van der Waals surface area contributed by atoms with E-state index in [0.29, 0.717) is 11.8 Å². The van der Waals surface area contributed by atoms with Crippen LogP contribution < -0.4 is 0 Å². The molecular weight excluding hydrogens is 234 g/mol. The third-order valence-corrected chi connectivity index (χ3v) is 2.78. The number of hydrogen-bond acceptors (Lipinski definition) is 2. The Morgan fingerprint density at radius 3 is 2.29 bits per heavy atom. The SMILES string of the molecule is CC(C)c1nc(C(C)Cl)oc1-c1ccccc1. The molecule has 0 N–H and O–H groups in total. The van der Waals surface area contributed by atoms with Crippen molar-refractivity contribution < 1.29 is 4.42 Å². The number of hydrogen-bond donors (Lipinski definition) is 0. The van der Waals surface area contributed by atoms with Crippen LogP contribution in [0.2, 0.25) is 0 Å². The summed E-state index contributed by atoms with van der Waals surface area (Å²) in [4.78, 5) is 4.49. The second-order valence-electron chi connectivity index (χ2n) is 4.40. The highest BCUT2D eigenvalue weighted by Crippen LogP contribution is 2.32. The molecule has 90 valence electrons. The van der Waals surface area contributed by atoms with Crippen LogP contribution in [0.3, 0.4) is 0 Å². The van der Waals surface area contributed by atoms with Crippen molar-refractivity contribution in [3.63, 3.8) is 0 Å². The lowest BCUT2D eigenvalue weighted by molar-refractivity contribution is 0.507. The second-order valence-corrected chi connectivity index (χ2v) is 5.06. The predicted octanol–water partition coefficient (Wildman–Crippen LogP) is 4.76. The molecule has 0 spiro atoms. The van der Waals surface area contributed by atoms with E-state index in [4.69, 9.17) is 16.0 Å². The van der Waals surface area contributed by atoms with Crippen molar-refractivity contribution in [2.24, 2.45) is 0 Å². The van der Waals surface area contributed by atoms with Gasteiger partial charge in [-0.05, 0) is 12.8 Å². The first-order chi connectivity index (χ1) is 8.09. The molecule has 0 fully saturated rings. The fraction of sp³-hybridized carbons (Fsp3) is 0.357. The average molecular weight is 250 g/mol. The topological polar surface area (TPSA) is 26.0 Å². The zero-order valence-electron chi connectivity index (χ0n) is 10.3. The zero-order chi connectivity index (χ0) is 12.4. The Kier molecular flexibility index (Phi) is 3.53. The Balaban J connectivity index is 2.52. The van der Waals surface area contributed by atoms with Crippen LogP contribution in [-0.4, -0.2) is 4.98 Å². The minimum absolute atomic E-state index is 0.204. The van der Waals surface area contributed by atoms with Crippen molar-refractivity contribution in [2.45, 2.75) is 32.1 Å². The van der Waals surface area contributed by atoms with E-state index in [0.717, 1.165) is 17.0 Å². The highest BCUT2D eigenvalue weighted by atomic mass is 35.5. The van der Waals surface area contributed by atoms with Gasteiger partial charge >= 0.3 is 0 Å². The first kappa shape index (κ1) is 12.2. The fourth-order valence-electron chi connectivity index (χ4n) is 1.71. The van der Waals surface area contributed by atoms with Crippen molar-refractivity contribution in [3.8, 4) is 11.3 Å². The van der Waals surface area contributed by atoms with E-state index < -0.39 is 0 Å². The summed E-state index contributed by atoms with van der Waals surface area (Å²) in [5.74, 6) is 1.75. The van der Waals surface area contributed by atoms with Gasteiger partial charge in [0.05, 0.1) is 5.69 Å². The first-order valence-electron chi connectivity index (χ1n) is 5.79. The lowest BCUT2D eigenvalue weighted by Crippen LogP contribution is -1.91. The summed E-state index contributed by atoms with van der Waals surface area (Å²) in [7, 11) is 0. The summed E-state index contributed by atoms with van der Waals surface area (Å²) in [5, 5.41) is -0.204. The number of aromatic nitrogens is 1. The van der Waals surface area contributed by atoms with Crippen molar-refractivity contribution in [1.82, 2.24) is 4.98 Å². The van der Waals surface area contributed by atoms with E-state index in [1.165, 1.54) is 0 Å². The number of rotatable bonds is 3. The van der Waals surface area contributed by atoms with E-state index in [1.807, 2.05) is 37.3 Å². The molecule has 1 atom stereocenters. The van der Waals surface area contributed by atoms with Gasteiger partial charge in [0.15, 0.2) is 5.76 Å². The van der Waals surface area contributed by atoms with E-state index in [2.05, 4.69) is 18.8 Å². The summed E-state index contributed by atoms with van der Waals surface area (Å²) < 4.78 is 5.78. The van der Waals surface area contributed by atoms with Crippen LogP contribution in [0.25, 0.3) is 11.3 Å². The summed E-state index contributed by atoms with van der Waals surface area (Å²) in [6.45, 7) is 6.08. The van der Waals surface area contributed by atoms with Crippen molar-refractivity contribution in [3.05, 3.63) is 41.9 Å². The van der Waals surface area contributed by atoms with Gasteiger partial charge in [0, 0.05) is 5.56 Å². The molecule has 1 heterocycles. The molecule has 0 saturated heterocycles. The molecule has 2 aromatic rings. The van der Waals surface area contributed by atoms with Crippen LogP contribution in [0.1, 0.15) is 43.7 Å². The van der Waals surface area contributed by atoms with Gasteiger partial charge in [-0.2, -0.15) is 0 Å². The lowest BCUT2D eigenvalue weighted by Gasteiger charge is -2.03. The minimum atomic E-state index is -0.204. The Bertz CT molecular complexity index is 488. The van der Waals surface area contributed by atoms with Gasteiger partial charge in [0.1, 0.15) is 5.38 Å². The minimum Gasteiger partial charge on any atom is -0.439 e. The summed E-state index contributed by atoms with van der Waals surface area (Å²) in [5.41, 5.74) is 2.02.